The third-order valence-electron chi connectivity index (χ3n) is 1.55. The van der Waals surface area contributed by atoms with Gasteiger partial charge in [0.1, 0.15) is 5.75 Å². The smallest absolute Gasteiger partial charge is 0.336 e. The number of hydrogen-bond acceptors (Lipinski definition) is 3. The Balaban J connectivity index is 3.28. The van der Waals surface area contributed by atoms with Crippen molar-refractivity contribution in [2.24, 2.45) is 0 Å². The second-order valence-electron chi connectivity index (χ2n) is 2.38. The zero-order valence-corrected chi connectivity index (χ0v) is 8.46. The minimum atomic E-state index is -1.03. The van der Waals surface area contributed by atoms with E-state index in [1.54, 1.807) is 0 Å². The molecule has 70 valence electrons. The lowest BCUT2D eigenvalue weighted by atomic mass is 10.2. The van der Waals surface area contributed by atoms with E-state index in [0.29, 0.717) is 15.9 Å². The Morgan fingerprint density at radius 2 is 2.23 bits per heavy atom. The van der Waals surface area contributed by atoms with Crippen LogP contribution in [0.1, 0.15) is 10.4 Å². The SMILES string of the molecule is COc1cc(Br)c(C(=O)O)cc1N. The Morgan fingerprint density at radius 3 is 2.69 bits per heavy atom. The number of ether oxygens (including phenoxy) is 1. The molecule has 0 aliphatic carbocycles. The third kappa shape index (κ3) is 1.92. The number of halogens is 1. The number of methoxy groups -OCH3 is 1. The van der Waals surface area contributed by atoms with Gasteiger partial charge in [-0.3, -0.25) is 0 Å². The molecule has 0 heterocycles. The van der Waals surface area contributed by atoms with E-state index in [1.807, 2.05) is 0 Å². The molecule has 1 aromatic rings. The first-order valence-corrected chi connectivity index (χ1v) is 4.22. The fraction of sp³-hybridized carbons (Fsp3) is 0.125. The van der Waals surface area contributed by atoms with Crippen molar-refractivity contribution in [2.75, 3.05) is 12.8 Å². The van der Waals surface area contributed by atoms with E-state index in [1.165, 1.54) is 19.2 Å². The highest BCUT2D eigenvalue weighted by Crippen LogP contribution is 2.29. The predicted octanol–water partition coefficient (Wildman–Crippen LogP) is 1.74. The van der Waals surface area contributed by atoms with Crippen LogP contribution in [0, 0.1) is 0 Å². The summed E-state index contributed by atoms with van der Waals surface area (Å²) >= 11 is 3.11. The molecule has 0 aromatic heterocycles. The minimum absolute atomic E-state index is 0.123. The fourth-order valence-corrected chi connectivity index (χ4v) is 1.40. The molecule has 0 amide bonds. The van der Waals surface area contributed by atoms with E-state index in [-0.39, 0.29) is 5.56 Å². The van der Waals surface area contributed by atoms with Crippen molar-refractivity contribution in [3.05, 3.63) is 22.2 Å². The van der Waals surface area contributed by atoms with Gasteiger partial charge in [-0.05, 0) is 28.1 Å². The Hall–Kier alpha value is -1.23. The lowest BCUT2D eigenvalue weighted by Gasteiger charge is -2.06. The van der Waals surface area contributed by atoms with Crippen LogP contribution < -0.4 is 10.5 Å². The van der Waals surface area contributed by atoms with Crippen molar-refractivity contribution < 1.29 is 14.6 Å². The van der Waals surface area contributed by atoms with E-state index < -0.39 is 5.97 Å². The number of carboxylic acids is 1. The van der Waals surface area contributed by atoms with Crippen LogP contribution in [0.5, 0.6) is 5.75 Å². The molecule has 3 N–H and O–H groups in total. The number of aromatic carboxylic acids is 1. The molecule has 0 spiro atoms. The van der Waals surface area contributed by atoms with Crippen molar-refractivity contribution in [1.82, 2.24) is 0 Å². The molecular weight excluding hydrogens is 238 g/mol. The number of anilines is 1. The largest absolute Gasteiger partial charge is 0.495 e. The van der Waals surface area contributed by atoms with Gasteiger partial charge in [-0.15, -0.1) is 0 Å². The number of carbonyl (C=O) groups is 1. The number of hydrogen-bond donors (Lipinski definition) is 2. The summed E-state index contributed by atoms with van der Waals surface area (Å²) in [4.78, 5) is 10.6. The van der Waals surface area contributed by atoms with E-state index in [2.05, 4.69) is 15.9 Å². The number of nitrogen functional groups attached to an aromatic ring is 1. The molecule has 13 heavy (non-hydrogen) atoms. The van der Waals surface area contributed by atoms with Crippen LogP contribution in [0.4, 0.5) is 5.69 Å². The molecule has 1 rings (SSSR count). The van der Waals surface area contributed by atoms with Gasteiger partial charge in [0.15, 0.2) is 0 Å². The second kappa shape index (κ2) is 3.66. The van der Waals surface area contributed by atoms with Gasteiger partial charge in [-0.2, -0.15) is 0 Å². The van der Waals surface area contributed by atoms with Gasteiger partial charge < -0.3 is 15.6 Å². The Morgan fingerprint density at radius 1 is 1.62 bits per heavy atom. The average Bonchev–Trinajstić information content (AvgIpc) is 2.07. The molecule has 1 aromatic carbocycles. The van der Waals surface area contributed by atoms with Gasteiger partial charge in [0.05, 0.1) is 18.4 Å². The molecular formula is C8H8BrNO3. The zero-order valence-electron chi connectivity index (χ0n) is 6.87. The van der Waals surface area contributed by atoms with Crippen molar-refractivity contribution in [3.63, 3.8) is 0 Å². The highest BCUT2D eigenvalue weighted by molar-refractivity contribution is 9.10. The van der Waals surface area contributed by atoms with Gasteiger partial charge >= 0.3 is 5.97 Å². The van der Waals surface area contributed by atoms with E-state index in [9.17, 15) is 4.79 Å². The summed E-state index contributed by atoms with van der Waals surface area (Å²) in [7, 11) is 1.47. The highest BCUT2D eigenvalue weighted by Gasteiger charge is 2.11. The maximum Gasteiger partial charge on any atom is 0.336 e. The monoisotopic (exact) mass is 245 g/mol. The van der Waals surface area contributed by atoms with Gasteiger partial charge in [0.2, 0.25) is 0 Å². The number of benzene rings is 1. The van der Waals surface area contributed by atoms with E-state index in [4.69, 9.17) is 15.6 Å². The van der Waals surface area contributed by atoms with Crippen molar-refractivity contribution in [3.8, 4) is 5.75 Å². The summed E-state index contributed by atoms with van der Waals surface area (Å²) in [6, 6.07) is 2.88. The van der Waals surface area contributed by atoms with Crippen LogP contribution >= 0.6 is 15.9 Å². The molecule has 4 nitrogen and oxygen atoms in total. The average molecular weight is 246 g/mol. The summed E-state index contributed by atoms with van der Waals surface area (Å²) in [6.07, 6.45) is 0. The van der Waals surface area contributed by atoms with Gasteiger partial charge in [0.25, 0.3) is 0 Å². The first kappa shape index (κ1) is 9.85. The normalized spacial score (nSPS) is 9.69. The van der Waals surface area contributed by atoms with Gasteiger partial charge in [-0.1, -0.05) is 0 Å². The van der Waals surface area contributed by atoms with Crippen LogP contribution in [0.15, 0.2) is 16.6 Å². The van der Waals surface area contributed by atoms with Gasteiger partial charge in [0, 0.05) is 4.47 Å². The lowest BCUT2D eigenvalue weighted by molar-refractivity contribution is 0.0696. The molecule has 0 atom stereocenters. The molecule has 0 saturated heterocycles. The third-order valence-corrected chi connectivity index (χ3v) is 2.21. The second-order valence-corrected chi connectivity index (χ2v) is 3.23. The molecule has 0 fully saturated rings. The molecule has 0 saturated carbocycles. The van der Waals surface area contributed by atoms with Crippen LogP contribution in [0.25, 0.3) is 0 Å². The standard InChI is InChI=1S/C8H8BrNO3/c1-13-7-3-5(9)4(8(11)12)2-6(7)10/h2-3H,10H2,1H3,(H,11,12). The number of rotatable bonds is 2. The molecule has 0 aliphatic heterocycles. The van der Waals surface area contributed by atoms with Crippen molar-refractivity contribution in [2.45, 2.75) is 0 Å². The first-order chi connectivity index (χ1) is 6.06. The minimum Gasteiger partial charge on any atom is -0.495 e. The molecule has 0 radical (unpaired) electrons. The first-order valence-electron chi connectivity index (χ1n) is 3.42. The molecule has 0 aliphatic rings. The Bertz CT molecular complexity index is 351. The maximum absolute atomic E-state index is 10.6. The van der Waals surface area contributed by atoms with Crippen molar-refractivity contribution >= 4 is 27.6 Å². The highest BCUT2D eigenvalue weighted by atomic mass is 79.9. The summed E-state index contributed by atoms with van der Waals surface area (Å²) < 4.78 is 5.36. The quantitative estimate of drug-likeness (QED) is 0.779. The van der Waals surface area contributed by atoms with E-state index >= 15 is 0 Å². The maximum atomic E-state index is 10.6. The van der Waals surface area contributed by atoms with Crippen LogP contribution in [0.3, 0.4) is 0 Å². The molecule has 5 heteroatoms. The lowest BCUT2D eigenvalue weighted by Crippen LogP contribution is -2.01. The Kier molecular flexibility index (Phi) is 2.77. The molecule has 0 unspecified atom stereocenters. The zero-order chi connectivity index (χ0) is 10.0. The van der Waals surface area contributed by atoms with Crippen LogP contribution in [0.2, 0.25) is 0 Å². The number of carboxylic acid groups (broad SMARTS) is 1. The summed E-state index contributed by atoms with van der Waals surface area (Å²) in [5, 5.41) is 8.73. The Labute approximate surface area is 83.4 Å². The van der Waals surface area contributed by atoms with Crippen molar-refractivity contribution in [1.29, 1.82) is 0 Å². The summed E-state index contributed by atoms with van der Waals surface area (Å²) in [5.41, 5.74) is 5.96. The summed E-state index contributed by atoms with van der Waals surface area (Å²) in [6.45, 7) is 0. The van der Waals surface area contributed by atoms with Crippen LogP contribution in [-0.2, 0) is 0 Å². The predicted molar refractivity (Wildman–Crippen MR) is 52.1 cm³/mol. The fourth-order valence-electron chi connectivity index (χ4n) is 0.912. The van der Waals surface area contributed by atoms with E-state index in [0.717, 1.165) is 0 Å². The molecule has 0 bridgehead atoms. The number of nitrogens with two attached hydrogens (primary N) is 1. The summed E-state index contributed by atoms with van der Waals surface area (Å²) in [5.74, 6) is -0.571. The van der Waals surface area contributed by atoms with Gasteiger partial charge in [-0.25, -0.2) is 4.79 Å². The topological polar surface area (TPSA) is 72.5 Å². The van der Waals surface area contributed by atoms with Crippen LogP contribution in [-0.4, -0.2) is 18.2 Å².